The van der Waals surface area contributed by atoms with Crippen LogP contribution in [0.3, 0.4) is 0 Å². The van der Waals surface area contributed by atoms with Crippen molar-refractivity contribution in [3.8, 4) is 5.88 Å². The number of nitrogens with two attached hydrogens (primary N) is 1. The largest absolute Gasteiger partial charge is 0.470 e. The molecule has 11 heteroatoms. The molecule has 3 rings (SSSR count). The number of hydrogen-bond donors (Lipinski definition) is 2. The van der Waals surface area contributed by atoms with E-state index >= 15 is 0 Å². The van der Waals surface area contributed by atoms with E-state index in [1.165, 1.54) is 6.21 Å². The topological polar surface area (TPSA) is 115 Å². The van der Waals surface area contributed by atoms with Gasteiger partial charge >= 0.3 is 6.09 Å². The summed E-state index contributed by atoms with van der Waals surface area (Å²) in [5.74, 6) is -1.73. The van der Waals surface area contributed by atoms with Crippen LogP contribution in [0.1, 0.15) is 53.4 Å². The third-order valence-electron chi connectivity index (χ3n) is 5.07. The summed E-state index contributed by atoms with van der Waals surface area (Å²) in [4.78, 5) is 26.5. The molecular formula is C22H32F2N6O3. The van der Waals surface area contributed by atoms with Gasteiger partial charge in [-0.3, -0.25) is 0 Å². The number of rotatable bonds is 6. The number of anilines is 1. The molecule has 3 N–H and O–H groups in total. The lowest BCUT2D eigenvalue weighted by Gasteiger charge is -2.39. The lowest BCUT2D eigenvalue weighted by Crippen LogP contribution is -2.57. The standard InChI is InChI=1S/C22H32F2N6O3/c1-14(25)7-10-26-19-28-17(27-15-5-8-22(23,24)9-6-15)11-18(29-19)32-16-12-30(13-16)20(31)33-21(2,3)4/h7,10-11,15-16H,5-6,8-9,12-13,25H2,1-4H3,(H,27,28,29). The van der Waals surface area contributed by atoms with E-state index in [4.69, 9.17) is 15.2 Å². The molecule has 0 aromatic carbocycles. The molecule has 1 saturated carbocycles. The van der Waals surface area contributed by atoms with Crippen LogP contribution in [0, 0.1) is 0 Å². The Morgan fingerprint density at radius 1 is 1.30 bits per heavy atom. The molecule has 1 amide bonds. The SMILES string of the molecule is CC(N)=CC=Nc1nc(NC2CCC(F)(F)CC2)cc(OC2CN(C(=O)OC(C)(C)C)C2)n1. The van der Waals surface area contributed by atoms with Gasteiger partial charge in [-0.2, -0.15) is 9.97 Å². The number of carbonyl (C=O) groups excluding carboxylic acids is 1. The monoisotopic (exact) mass is 466 g/mol. The van der Waals surface area contributed by atoms with Crippen LogP contribution in [0.25, 0.3) is 0 Å². The van der Waals surface area contributed by atoms with Crippen LogP contribution in [0.15, 0.2) is 22.8 Å². The van der Waals surface area contributed by atoms with E-state index in [0.717, 1.165) is 0 Å². The average molecular weight is 467 g/mol. The van der Waals surface area contributed by atoms with E-state index in [-0.39, 0.29) is 36.8 Å². The molecule has 0 unspecified atom stereocenters. The van der Waals surface area contributed by atoms with Gasteiger partial charge in [0.15, 0.2) is 0 Å². The molecule has 33 heavy (non-hydrogen) atoms. The number of hydrogen-bond acceptors (Lipinski definition) is 8. The first-order chi connectivity index (χ1) is 15.4. The minimum atomic E-state index is -2.61. The van der Waals surface area contributed by atoms with Gasteiger partial charge in [0.1, 0.15) is 17.5 Å². The van der Waals surface area contributed by atoms with Gasteiger partial charge in [0, 0.05) is 36.9 Å². The van der Waals surface area contributed by atoms with Gasteiger partial charge in [-0.1, -0.05) is 0 Å². The van der Waals surface area contributed by atoms with Crippen LogP contribution in [-0.4, -0.2) is 63.9 Å². The normalized spacial score (nSPS) is 19.9. The van der Waals surface area contributed by atoms with Gasteiger partial charge in [-0.05, 0) is 46.6 Å². The second-order valence-corrected chi connectivity index (χ2v) is 9.48. The van der Waals surface area contributed by atoms with E-state index in [1.807, 2.05) is 20.8 Å². The molecule has 0 spiro atoms. The molecule has 182 valence electrons. The summed E-state index contributed by atoms with van der Waals surface area (Å²) in [5, 5.41) is 3.20. The number of nitrogens with one attached hydrogen (secondary N) is 1. The van der Waals surface area contributed by atoms with E-state index in [9.17, 15) is 13.6 Å². The number of carbonyl (C=O) groups is 1. The van der Waals surface area contributed by atoms with Crippen molar-refractivity contribution in [3.63, 3.8) is 0 Å². The summed E-state index contributed by atoms with van der Waals surface area (Å²) in [6, 6.07) is 1.49. The highest BCUT2D eigenvalue weighted by molar-refractivity contribution is 5.74. The Labute approximate surface area is 192 Å². The number of likely N-dealkylation sites (tertiary alicyclic amines) is 1. The van der Waals surface area contributed by atoms with Gasteiger partial charge in [0.05, 0.1) is 13.1 Å². The fourth-order valence-electron chi connectivity index (χ4n) is 3.38. The summed E-state index contributed by atoms with van der Waals surface area (Å²) in [6.07, 6.45) is 2.81. The molecule has 0 atom stereocenters. The van der Waals surface area contributed by atoms with Crippen LogP contribution in [0.4, 0.5) is 25.3 Å². The van der Waals surface area contributed by atoms with Crippen LogP contribution in [0.5, 0.6) is 5.88 Å². The predicted molar refractivity (Wildman–Crippen MR) is 121 cm³/mol. The summed E-state index contributed by atoms with van der Waals surface area (Å²) in [6.45, 7) is 7.90. The maximum Gasteiger partial charge on any atom is 0.410 e. The number of alkyl halides is 2. The first-order valence-electron chi connectivity index (χ1n) is 11.0. The van der Waals surface area contributed by atoms with Crippen molar-refractivity contribution < 1.29 is 23.0 Å². The predicted octanol–water partition coefficient (Wildman–Crippen LogP) is 4.03. The summed E-state index contributed by atoms with van der Waals surface area (Å²) >= 11 is 0. The maximum absolute atomic E-state index is 13.5. The summed E-state index contributed by atoms with van der Waals surface area (Å²) < 4.78 is 38.2. The highest BCUT2D eigenvalue weighted by Gasteiger charge is 2.36. The van der Waals surface area contributed by atoms with Crippen LogP contribution in [-0.2, 0) is 4.74 Å². The zero-order chi connectivity index (χ0) is 24.2. The van der Waals surface area contributed by atoms with Crippen molar-refractivity contribution in [3.05, 3.63) is 17.8 Å². The molecule has 2 heterocycles. The van der Waals surface area contributed by atoms with Gasteiger partial charge < -0.3 is 25.4 Å². The second kappa shape index (κ2) is 9.88. The quantitative estimate of drug-likeness (QED) is 0.608. The Hall–Kier alpha value is -2.98. The molecule has 2 aliphatic rings. The van der Waals surface area contributed by atoms with Gasteiger partial charge in [0.25, 0.3) is 5.95 Å². The third kappa shape index (κ3) is 7.83. The molecule has 1 aromatic rings. The number of nitrogens with zero attached hydrogens (tertiary/aromatic N) is 4. The number of halogens is 2. The molecule has 1 aromatic heterocycles. The highest BCUT2D eigenvalue weighted by Crippen LogP contribution is 2.34. The molecular weight excluding hydrogens is 434 g/mol. The summed E-state index contributed by atoms with van der Waals surface area (Å²) in [5.41, 5.74) is 5.62. The zero-order valence-electron chi connectivity index (χ0n) is 19.5. The first kappa shape index (κ1) is 24.7. The molecule has 1 aliphatic heterocycles. The second-order valence-electron chi connectivity index (χ2n) is 9.48. The summed E-state index contributed by atoms with van der Waals surface area (Å²) in [7, 11) is 0. The van der Waals surface area contributed by atoms with Crippen molar-refractivity contribution >= 4 is 24.1 Å². The lowest BCUT2D eigenvalue weighted by atomic mass is 9.92. The van der Waals surface area contributed by atoms with Crippen molar-refractivity contribution in [1.82, 2.24) is 14.9 Å². The minimum Gasteiger partial charge on any atom is -0.470 e. The average Bonchev–Trinajstić information content (AvgIpc) is 2.64. The van der Waals surface area contributed by atoms with Crippen LogP contribution >= 0.6 is 0 Å². The Morgan fingerprint density at radius 3 is 2.58 bits per heavy atom. The number of amides is 1. The number of ether oxygens (including phenoxy) is 2. The van der Waals surface area contributed by atoms with Gasteiger partial charge in [-0.25, -0.2) is 18.6 Å². The third-order valence-corrected chi connectivity index (χ3v) is 5.07. The van der Waals surface area contributed by atoms with Crippen molar-refractivity contribution in [2.24, 2.45) is 10.7 Å². The van der Waals surface area contributed by atoms with Crippen molar-refractivity contribution in [2.45, 2.75) is 77.0 Å². The number of aliphatic imine (C=N–C) groups is 1. The van der Waals surface area contributed by atoms with E-state index in [0.29, 0.717) is 37.4 Å². The smallest absolute Gasteiger partial charge is 0.410 e. The van der Waals surface area contributed by atoms with Crippen LogP contribution < -0.4 is 15.8 Å². The van der Waals surface area contributed by atoms with Crippen LogP contribution in [0.2, 0.25) is 0 Å². The number of allylic oxidation sites excluding steroid dienone is 2. The molecule has 9 nitrogen and oxygen atoms in total. The van der Waals surface area contributed by atoms with Gasteiger partial charge in [0.2, 0.25) is 11.8 Å². The van der Waals surface area contributed by atoms with Gasteiger partial charge in [-0.15, -0.1) is 0 Å². The van der Waals surface area contributed by atoms with E-state index in [1.54, 1.807) is 24.0 Å². The maximum atomic E-state index is 13.5. The minimum absolute atomic E-state index is 0.123. The zero-order valence-corrected chi connectivity index (χ0v) is 19.5. The van der Waals surface area contributed by atoms with E-state index in [2.05, 4.69) is 20.3 Å². The highest BCUT2D eigenvalue weighted by atomic mass is 19.3. The molecule has 1 aliphatic carbocycles. The van der Waals surface area contributed by atoms with E-state index < -0.39 is 17.6 Å². The molecule has 0 bridgehead atoms. The Bertz CT molecular complexity index is 896. The molecule has 1 saturated heterocycles. The van der Waals surface area contributed by atoms with Crippen molar-refractivity contribution in [1.29, 1.82) is 0 Å². The first-order valence-corrected chi connectivity index (χ1v) is 11.0. The Kier molecular flexibility index (Phi) is 7.38. The lowest BCUT2D eigenvalue weighted by molar-refractivity contribution is -0.0361. The fourth-order valence-corrected chi connectivity index (χ4v) is 3.38. The fraction of sp³-hybridized carbons (Fsp3) is 0.636. The van der Waals surface area contributed by atoms with Crippen molar-refractivity contribution in [2.75, 3.05) is 18.4 Å². The Balaban J connectivity index is 1.66. The number of aromatic nitrogens is 2. The Morgan fingerprint density at radius 2 is 1.97 bits per heavy atom. The molecule has 0 radical (unpaired) electrons. The molecule has 2 fully saturated rings.